The second kappa shape index (κ2) is 9.99. The number of rotatable bonds is 7. The van der Waals surface area contributed by atoms with E-state index in [0.717, 1.165) is 23.0 Å². The third-order valence-corrected chi connectivity index (χ3v) is 6.70. The Kier molecular flexibility index (Phi) is 6.96. The number of nitro groups is 1. The number of esters is 1. The molecule has 0 saturated heterocycles. The van der Waals surface area contributed by atoms with Gasteiger partial charge in [0.25, 0.3) is 5.69 Å². The number of benzene rings is 3. The quantitative estimate of drug-likeness (QED) is 0.133. The minimum absolute atomic E-state index is 0.0109. The molecule has 9 heteroatoms. The summed E-state index contributed by atoms with van der Waals surface area (Å²) < 4.78 is 5.26. The topological polar surface area (TPSA) is 107 Å². The van der Waals surface area contributed by atoms with Crippen LogP contribution in [0.4, 0.5) is 11.4 Å². The van der Waals surface area contributed by atoms with Gasteiger partial charge in [-0.05, 0) is 29.8 Å². The van der Waals surface area contributed by atoms with Crippen LogP contribution in [0.5, 0.6) is 0 Å². The van der Waals surface area contributed by atoms with Crippen LogP contribution in [0.25, 0.3) is 0 Å². The number of anilines is 1. The van der Waals surface area contributed by atoms with Crippen molar-refractivity contribution in [1.82, 2.24) is 0 Å². The van der Waals surface area contributed by atoms with Crippen molar-refractivity contribution in [1.29, 1.82) is 0 Å². The van der Waals surface area contributed by atoms with Gasteiger partial charge in [0.1, 0.15) is 5.02 Å². The van der Waals surface area contributed by atoms with Crippen molar-refractivity contribution in [2.75, 3.05) is 18.6 Å². The van der Waals surface area contributed by atoms with Crippen molar-refractivity contribution in [3.05, 3.63) is 116 Å². The van der Waals surface area contributed by atoms with Crippen molar-refractivity contribution < 1.29 is 24.0 Å². The van der Waals surface area contributed by atoms with E-state index in [1.54, 1.807) is 12.1 Å². The molecule has 4 rings (SSSR count). The number of nitrogens with zero attached hydrogens (tertiary/aromatic N) is 2. The fourth-order valence-corrected chi connectivity index (χ4v) is 4.66. The van der Waals surface area contributed by atoms with Crippen LogP contribution >= 0.6 is 11.6 Å². The molecule has 0 aromatic heterocycles. The molecule has 0 atom stereocenters. The first-order valence-electron chi connectivity index (χ1n) is 11.4. The summed E-state index contributed by atoms with van der Waals surface area (Å²) in [6, 6.07) is 17.4. The summed E-state index contributed by atoms with van der Waals surface area (Å²) in [7, 11) is 1.88. The molecule has 3 aromatic carbocycles. The van der Waals surface area contributed by atoms with Gasteiger partial charge in [-0.3, -0.25) is 19.7 Å². The van der Waals surface area contributed by atoms with Crippen LogP contribution in [0, 0.1) is 10.1 Å². The van der Waals surface area contributed by atoms with E-state index in [4.69, 9.17) is 16.3 Å². The molecule has 1 aliphatic rings. The molecule has 0 bridgehead atoms. The maximum absolute atomic E-state index is 13.1. The molecular weight excluding hydrogens is 496 g/mol. The molecule has 1 heterocycles. The molecule has 0 amide bonds. The largest absolute Gasteiger partial charge is 0.454 e. The van der Waals surface area contributed by atoms with E-state index in [0.29, 0.717) is 0 Å². The summed E-state index contributed by atoms with van der Waals surface area (Å²) in [6.07, 6.45) is 1.47. The maximum Gasteiger partial charge on any atom is 0.339 e. The van der Waals surface area contributed by atoms with Gasteiger partial charge in [0.05, 0.1) is 10.5 Å². The number of hydrogen-bond acceptors (Lipinski definition) is 7. The molecule has 0 saturated carbocycles. The summed E-state index contributed by atoms with van der Waals surface area (Å²) in [5.41, 5.74) is 1.94. The normalized spacial score (nSPS) is 14.8. The van der Waals surface area contributed by atoms with Gasteiger partial charge in [-0.2, -0.15) is 0 Å². The summed E-state index contributed by atoms with van der Waals surface area (Å²) in [4.78, 5) is 51.2. The Bertz CT molecular complexity index is 1480. The van der Waals surface area contributed by atoms with Crippen molar-refractivity contribution in [3.8, 4) is 0 Å². The second-order valence-electron chi connectivity index (χ2n) is 9.07. The molecule has 188 valence electrons. The Morgan fingerprint density at radius 3 is 2.35 bits per heavy atom. The molecule has 0 aliphatic carbocycles. The Labute approximate surface area is 218 Å². The minimum atomic E-state index is -0.860. The van der Waals surface area contributed by atoms with Crippen LogP contribution < -0.4 is 4.90 Å². The number of halogens is 1. The highest BCUT2D eigenvalue weighted by Gasteiger charge is 2.38. The Morgan fingerprint density at radius 2 is 1.68 bits per heavy atom. The van der Waals surface area contributed by atoms with Crippen molar-refractivity contribution in [2.24, 2.45) is 0 Å². The van der Waals surface area contributed by atoms with Crippen molar-refractivity contribution in [3.63, 3.8) is 0 Å². The Balaban J connectivity index is 1.52. The van der Waals surface area contributed by atoms with E-state index >= 15 is 0 Å². The lowest BCUT2D eigenvalue weighted by Crippen LogP contribution is -2.25. The molecule has 0 radical (unpaired) electrons. The number of allylic oxidation sites excluding steroid dienone is 1. The number of fused-ring (bicyclic) bond motifs is 1. The minimum Gasteiger partial charge on any atom is -0.454 e. The maximum atomic E-state index is 13.1. The van der Waals surface area contributed by atoms with E-state index in [1.807, 2.05) is 50.1 Å². The number of ether oxygens (including phenoxy) is 1. The van der Waals surface area contributed by atoms with Gasteiger partial charge < -0.3 is 9.64 Å². The fourth-order valence-electron chi connectivity index (χ4n) is 4.48. The van der Waals surface area contributed by atoms with Crippen LogP contribution in [0.3, 0.4) is 0 Å². The van der Waals surface area contributed by atoms with Gasteiger partial charge in [0.15, 0.2) is 18.2 Å². The summed E-state index contributed by atoms with van der Waals surface area (Å²) in [6.45, 7) is 3.52. The zero-order chi connectivity index (χ0) is 26.9. The predicted molar refractivity (Wildman–Crippen MR) is 139 cm³/mol. The number of nitro benzene ring substituents is 1. The Morgan fingerprint density at radius 1 is 1.03 bits per heavy atom. The van der Waals surface area contributed by atoms with Gasteiger partial charge in [-0.15, -0.1) is 0 Å². The van der Waals surface area contributed by atoms with Gasteiger partial charge >= 0.3 is 5.97 Å². The summed E-state index contributed by atoms with van der Waals surface area (Å²) in [5, 5.41) is 11.1. The zero-order valence-corrected chi connectivity index (χ0v) is 21.1. The van der Waals surface area contributed by atoms with E-state index < -0.39 is 40.2 Å². The Hall–Kier alpha value is -4.30. The first-order chi connectivity index (χ1) is 17.5. The third-order valence-electron chi connectivity index (χ3n) is 6.38. The predicted octanol–water partition coefficient (Wildman–Crippen LogP) is 5.52. The van der Waals surface area contributed by atoms with Gasteiger partial charge in [-0.25, -0.2) is 4.79 Å². The molecule has 0 fully saturated rings. The molecule has 8 nitrogen and oxygen atoms in total. The van der Waals surface area contributed by atoms with E-state index in [-0.39, 0.29) is 21.7 Å². The summed E-state index contributed by atoms with van der Waals surface area (Å²) >= 11 is 5.84. The average molecular weight is 519 g/mol. The van der Waals surface area contributed by atoms with Crippen LogP contribution in [-0.4, -0.2) is 36.1 Å². The lowest BCUT2D eigenvalue weighted by molar-refractivity contribution is -0.384. The summed E-state index contributed by atoms with van der Waals surface area (Å²) in [5.74, 6) is -1.89. The lowest BCUT2D eigenvalue weighted by Gasteiger charge is -2.23. The number of likely N-dealkylation sites (N-methyl/N-ethyl adjacent to an activating group) is 1. The molecule has 3 aromatic rings. The van der Waals surface area contributed by atoms with Crippen LogP contribution in [-0.2, 0) is 14.9 Å². The fraction of sp³-hybridized carbons (Fsp3) is 0.179. The molecule has 37 heavy (non-hydrogen) atoms. The van der Waals surface area contributed by atoms with Crippen LogP contribution in [0.15, 0.2) is 78.5 Å². The van der Waals surface area contributed by atoms with Crippen molar-refractivity contribution in [2.45, 2.75) is 19.3 Å². The van der Waals surface area contributed by atoms with Gasteiger partial charge in [0.2, 0.25) is 0 Å². The number of para-hydroxylation sites is 1. The van der Waals surface area contributed by atoms with Crippen LogP contribution in [0.2, 0.25) is 5.02 Å². The van der Waals surface area contributed by atoms with Crippen molar-refractivity contribution >= 4 is 40.5 Å². The number of ketones is 2. The van der Waals surface area contributed by atoms with Crippen LogP contribution in [0.1, 0.15) is 45.7 Å². The van der Waals surface area contributed by atoms with E-state index in [1.165, 1.54) is 30.3 Å². The molecule has 0 spiro atoms. The van der Waals surface area contributed by atoms with Gasteiger partial charge in [0, 0.05) is 47.1 Å². The van der Waals surface area contributed by atoms with Gasteiger partial charge in [-0.1, -0.05) is 61.8 Å². The number of carbonyl (C=O) groups excluding carboxylic acids is 3. The highest BCUT2D eigenvalue weighted by Crippen LogP contribution is 2.46. The highest BCUT2D eigenvalue weighted by molar-refractivity contribution is 6.33. The first kappa shape index (κ1) is 25.8. The number of hydrogen-bond donors (Lipinski definition) is 0. The zero-order valence-electron chi connectivity index (χ0n) is 20.4. The standard InChI is InChI=1S/C28H23ClN2O6/c1-28(2)21-10-6-7-11-23(21)30(3)25(28)15-18(32)16-37-27(34)20-9-5-4-8-19(20)26(33)17-12-13-22(29)24(14-17)31(35)36/h4-15H,16H2,1-3H3/b25-15-. The van der Waals surface area contributed by atoms with E-state index in [9.17, 15) is 24.5 Å². The monoisotopic (exact) mass is 518 g/mol. The lowest BCUT2D eigenvalue weighted by atomic mass is 9.83. The smallest absolute Gasteiger partial charge is 0.339 e. The molecule has 0 N–H and O–H groups in total. The number of carbonyl (C=O) groups is 3. The first-order valence-corrected chi connectivity index (χ1v) is 11.7. The SMILES string of the molecule is CN1/C(=C\C(=O)COC(=O)c2ccccc2C(=O)c2ccc(Cl)c([N+](=O)[O-])c2)C(C)(C)c2ccccc21. The molecule has 1 aliphatic heterocycles. The third kappa shape index (κ3) is 4.88. The molecular formula is C28H23ClN2O6. The molecule has 0 unspecified atom stereocenters. The highest BCUT2D eigenvalue weighted by atomic mass is 35.5. The second-order valence-corrected chi connectivity index (χ2v) is 9.48. The van der Waals surface area contributed by atoms with E-state index in [2.05, 4.69) is 0 Å². The average Bonchev–Trinajstić information content (AvgIpc) is 3.07.